The lowest BCUT2D eigenvalue weighted by molar-refractivity contribution is 0.0700. The molecular weight excluding hydrogens is 260 g/mol. The van der Waals surface area contributed by atoms with Crippen LogP contribution in [-0.2, 0) is 0 Å². The molecule has 4 heteroatoms. The summed E-state index contributed by atoms with van der Waals surface area (Å²) in [7, 11) is 0. The number of alkyl halides is 1. The molecule has 1 fully saturated rings. The van der Waals surface area contributed by atoms with Crippen molar-refractivity contribution in [3.8, 4) is 6.07 Å². The van der Waals surface area contributed by atoms with Crippen LogP contribution in [0, 0.1) is 11.3 Å². The maximum Gasteiger partial charge on any atom is 0.254 e. The van der Waals surface area contributed by atoms with Crippen molar-refractivity contribution >= 4 is 17.5 Å². The first-order chi connectivity index (χ1) is 9.26. The number of nitriles is 1. The van der Waals surface area contributed by atoms with E-state index >= 15 is 0 Å². The lowest BCUT2D eigenvalue weighted by Gasteiger charge is -2.28. The minimum absolute atomic E-state index is 0.00958. The maximum atomic E-state index is 12.5. The van der Waals surface area contributed by atoms with Crippen molar-refractivity contribution in [2.24, 2.45) is 0 Å². The number of rotatable bonds is 2. The van der Waals surface area contributed by atoms with Gasteiger partial charge in [0.15, 0.2) is 0 Å². The molecule has 1 atom stereocenters. The second-order valence-electron chi connectivity index (χ2n) is 4.85. The van der Waals surface area contributed by atoms with Gasteiger partial charge in [-0.2, -0.15) is 5.26 Å². The predicted molar refractivity (Wildman–Crippen MR) is 75.2 cm³/mol. The van der Waals surface area contributed by atoms with Gasteiger partial charge in [0.25, 0.3) is 5.91 Å². The zero-order valence-corrected chi connectivity index (χ0v) is 11.6. The van der Waals surface area contributed by atoms with Gasteiger partial charge in [0.2, 0.25) is 0 Å². The van der Waals surface area contributed by atoms with Crippen molar-refractivity contribution in [2.75, 3.05) is 12.4 Å². The van der Waals surface area contributed by atoms with Gasteiger partial charge < -0.3 is 4.90 Å². The molecule has 1 aromatic carbocycles. The van der Waals surface area contributed by atoms with Crippen LogP contribution in [-0.4, -0.2) is 29.3 Å². The van der Waals surface area contributed by atoms with Gasteiger partial charge in [-0.1, -0.05) is 18.9 Å². The number of hydrogen-bond acceptors (Lipinski definition) is 2. The molecule has 1 saturated heterocycles. The van der Waals surface area contributed by atoms with Crippen molar-refractivity contribution in [3.63, 3.8) is 0 Å². The minimum Gasteiger partial charge on any atom is -0.334 e. The molecule has 1 aromatic rings. The molecule has 1 unspecified atom stereocenters. The van der Waals surface area contributed by atoms with E-state index in [9.17, 15) is 4.79 Å². The number of likely N-dealkylation sites (tertiary alicyclic amines) is 1. The highest BCUT2D eigenvalue weighted by Crippen LogP contribution is 2.20. The second-order valence-corrected chi connectivity index (χ2v) is 5.16. The first-order valence-corrected chi connectivity index (χ1v) is 7.17. The van der Waals surface area contributed by atoms with Gasteiger partial charge in [0.1, 0.15) is 0 Å². The fraction of sp³-hybridized carbons (Fsp3) is 0.467. The quantitative estimate of drug-likeness (QED) is 0.779. The van der Waals surface area contributed by atoms with Gasteiger partial charge >= 0.3 is 0 Å². The summed E-state index contributed by atoms with van der Waals surface area (Å²) in [5.74, 6) is 0.466. The summed E-state index contributed by atoms with van der Waals surface area (Å²) >= 11 is 5.99. The molecule has 0 aromatic heterocycles. The average Bonchev–Trinajstić information content (AvgIpc) is 2.71. The average molecular weight is 277 g/mol. The van der Waals surface area contributed by atoms with E-state index in [-0.39, 0.29) is 11.9 Å². The standard InChI is InChI=1S/C15H17ClN2O/c16-10-14-7-2-1-3-8-18(14)15(19)13-6-4-5-12(9-13)11-17/h4-6,9,14H,1-3,7-8,10H2. The highest BCUT2D eigenvalue weighted by molar-refractivity contribution is 6.18. The van der Waals surface area contributed by atoms with E-state index in [1.807, 2.05) is 4.90 Å². The van der Waals surface area contributed by atoms with Gasteiger partial charge in [0, 0.05) is 24.0 Å². The topological polar surface area (TPSA) is 44.1 Å². The van der Waals surface area contributed by atoms with Gasteiger partial charge in [-0.25, -0.2) is 0 Å². The number of carbonyl (C=O) groups is 1. The van der Waals surface area contributed by atoms with Crippen LogP contribution in [0.15, 0.2) is 24.3 Å². The van der Waals surface area contributed by atoms with Crippen LogP contribution in [0.25, 0.3) is 0 Å². The van der Waals surface area contributed by atoms with Crippen LogP contribution < -0.4 is 0 Å². The molecule has 0 bridgehead atoms. The summed E-state index contributed by atoms with van der Waals surface area (Å²) in [5, 5.41) is 8.90. The zero-order chi connectivity index (χ0) is 13.7. The number of benzene rings is 1. The smallest absolute Gasteiger partial charge is 0.254 e. The summed E-state index contributed by atoms with van der Waals surface area (Å²) in [6.07, 6.45) is 4.26. The van der Waals surface area contributed by atoms with Crippen LogP contribution in [0.5, 0.6) is 0 Å². The first kappa shape index (κ1) is 13.9. The highest BCUT2D eigenvalue weighted by Gasteiger charge is 2.25. The summed E-state index contributed by atoms with van der Waals surface area (Å²) < 4.78 is 0. The third-order valence-corrected chi connectivity index (χ3v) is 3.91. The van der Waals surface area contributed by atoms with E-state index in [1.165, 1.54) is 0 Å². The van der Waals surface area contributed by atoms with Gasteiger partial charge in [-0.3, -0.25) is 4.79 Å². The molecule has 0 saturated carbocycles. The van der Waals surface area contributed by atoms with E-state index in [0.717, 1.165) is 32.2 Å². The van der Waals surface area contributed by atoms with Crippen molar-refractivity contribution < 1.29 is 4.79 Å². The number of carbonyl (C=O) groups excluding carboxylic acids is 1. The number of hydrogen-bond donors (Lipinski definition) is 0. The molecule has 19 heavy (non-hydrogen) atoms. The number of halogens is 1. The molecule has 100 valence electrons. The fourth-order valence-corrected chi connectivity index (χ4v) is 2.81. The number of amides is 1. The molecule has 1 aliphatic rings. The molecule has 3 nitrogen and oxygen atoms in total. The Labute approximate surface area is 118 Å². The monoisotopic (exact) mass is 276 g/mol. The SMILES string of the molecule is N#Cc1cccc(C(=O)N2CCCCCC2CCl)c1. The Morgan fingerprint density at radius 1 is 1.42 bits per heavy atom. The normalized spacial score (nSPS) is 19.6. The van der Waals surface area contributed by atoms with Crippen molar-refractivity contribution in [1.29, 1.82) is 5.26 Å². The molecule has 0 aliphatic carbocycles. The minimum atomic E-state index is -0.00958. The van der Waals surface area contributed by atoms with Crippen LogP contribution in [0.4, 0.5) is 0 Å². The van der Waals surface area contributed by atoms with Gasteiger partial charge in [-0.15, -0.1) is 11.6 Å². The van der Waals surface area contributed by atoms with Crippen LogP contribution in [0.3, 0.4) is 0 Å². The summed E-state index contributed by atoms with van der Waals surface area (Å²) in [4.78, 5) is 14.4. The predicted octanol–water partition coefficient (Wildman–Crippen LogP) is 3.18. The summed E-state index contributed by atoms with van der Waals surface area (Å²) in [6.45, 7) is 0.757. The van der Waals surface area contributed by atoms with Crippen LogP contribution >= 0.6 is 11.6 Å². The van der Waals surface area contributed by atoms with E-state index in [1.54, 1.807) is 24.3 Å². The Hall–Kier alpha value is -1.53. The Kier molecular flexibility index (Phi) is 4.81. The molecule has 0 spiro atoms. The fourth-order valence-electron chi connectivity index (χ4n) is 2.49. The Morgan fingerprint density at radius 2 is 2.26 bits per heavy atom. The largest absolute Gasteiger partial charge is 0.334 e. The van der Waals surface area contributed by atoms with Crippen molar-refractivity contribution in [1.82, 2.24) is 4.90 Å². The summed E-state index contributed by atoms with van der Waals surface area (Å²) in [5.41, 5.74) is 1.10. The van der Waals surface area contributed by atoms with Gasteiger partial charge in [-0.05, 0) is 31.0 Å². The maximum absolute atomic E-state index is 12.5. The van der Waals surface area contributed by atoms with Crippen molar-refractivity contribution in [3.05, 3.63) is 35.4 Å². The molecule has 0 N–H and O–H groups in total. The Morgan fingerprint density at radius 3 is 3.00 bits per heavy atom. The third kappa shape index (κ3) is 3.27. The van der Waals surface area contributed by atoms with E-state index in [4.69, 9.17) is 16.9 Å². The van der Waals surface area contributed by atoms with Crippen molar-refractivity contribution in [2.45, 2.75) is 31.7 Å². The third-order valence-electron chi connectivity index (χ3n) is 3.55. The Bertz CT molecular complexity index is 495. The van der Waals surface area contributed by atoms with Crippen LogP contribution in [0.2, 0.25) is 0 Å². The lowest BCUT2D eigenvalue weighted by Crippen LogP contribution is -2.41. The van der Waals surface area contributed by atoms with Crippen LogP contribution in [0.1, 0.15) is 41.6 Å². The molecule has 2 rings (SSSR count). The Balaban J connectivity index is 2.23. The molecule has 1 amide bonds. The molecule has 0 radical (unpaired) electrons. The number of nitrogens with zero attached hydrogens (tertiary/aromatic N) is 2. The molecule has 1 heterocycles. The first-order valence-electron chi connectivity index (χ1n) is 6.63. The summed E-state index contributed by atoms with van der Waals surface area (Å²) in [6, 6.07) is 9.05. The van der Waals surface area contributed by atoms with E-state index in [2.05, 4.69) is 6.07 Å². The van der Waals surface area contributed by atoms with E-state index < -0.39 is 0 Å². The second kappa shape index (κ2) is 6.58. The van der Waals surface area contributed by atoms with E-state index in [0.29, 0.717) is 17.0 Å². The molecule has 1 aliphatic heterocycles. The lowest BCUT2D eigenvalue weighted by atomic mass is 10.1. The highest BCUT2D eigenvalue weighted by atomic mass is 35.5. The zero-order valence-electron chi connectivity index (χ0n) is 10.8. The van der Waals surface area contributed by atoms with Gasteiger partial charge in [0.05, 0.1) is 11.6 Å². The molecular formula is C15H17ClN2O.